The Morgan fingerprint density at radius 2 is 1.95 bits per heavy atom. The zero-order valence-corrected chi connectivity index (χ0v) is 11.1. The van der Waals surface area contributed by atoms with Gasteiger partial charge in [0, 0.05) is 37.9 Å². The number of aromatic nitrogens is 3. The van der Waals surface area contributed by atoms with Crippen LogP contribution in [0.4, 0.5) is 5.82 Å². The summed E-state index contributed by atoms with van der Waals surface area (Å²) in [5, 5.41) is 11.8. The summed E-state index contributed by atoms with van der Waals surface area (Å²) in [6, 6.07) is 3.87. The van der Waals surface area contributed by atoms with Crippen LogP contribution in [-0.2, 0) is 6.54 Å². The fourth-order valence-electron chi connectivity index (χ4n) is 1.84. The lowest BCUT2D eigenvalue weighted by Gasteiger charge is -2.23. The van der Waals surface area contributed by atoms with Gasteiger partial charge in [-0.1, -0.05) is 5.16 Å². The minimum atomic E-state index is -0.0544. The van der Waals surface area contributed by atoms with Crippen molar-refractivity contribution >= 4 is 11.7 Å². The average Bonchev–Trinajstić information content (AvgIpc) is 2.53. The monoisotopic (exact) mass is 272 g/mol. The van der Waals surface area contributed by atoms with Crippen LogP contribution in [0.5, 0.6) is 0 Å². The van der Waals surface area contributed by atoms with Gasteiger partial charge in [-0.3, -0.25) is 4.98 Å². The summed E-state index contributed by atoms with van der Waals surface area (Å²) in [6.07, 6.45) is 6.57. The normalized spacial score (nSPS) is 11.3. The topological polar surface area (TPSA) is 101 Å². The number of pyridine rings is 1. The largest absolute Gasteiger partial charge is 0.409 e. The molecule has 0 bridgehead atoms. The van der Waals surface area contributed by atoms with Crippen LogP contribution >= 0.6 is 0 Å². The summed E-state index contributed by atoms with van der Waals surface area (Å²) in [4.78, 5) is 14.4. The summed E-state index contributed by atoms with van der Waals surface area (Å²) < 4.78 is 0. The molecule has 20 heavy (non-hydrogen) atoms. The van der Waals surface area contributed by atoms with Crippen LogP contribution in [0.15, 0.2) is 42.1 Å². The van der Waals surface area contributed by atoms with Crippen molar-refractivity contribution in [3.05, 3.63) is 48.2 Å². The molecule has 0 spiro atoms. The maximum atomic E-state index is 8.83. The molecule has 0 fully saturated rings. The first-order valence-electron chi connectivity index (χ1n) is 6.19. The minimum Gasteiger partial charge on any atom is -0.409 e. The number of anilines is 1. The molecule has 0 saturated heterocycles. The molecule has 0 unspecified atom stereocenters. The molecule has 104 valence electrons. The summed E-state index contributed by atoms with van der Waals surface area (Å²) in [5.41, 5.74) is 7.10. The van der Waals surface area contributed by atoms with Crippen molar-refractivity contribution in [1.82, 2.24) is 15.0 Å². The summed E-state index contributed by atoms with van der Waals surface area (Å²) in [5.74, 6) is 0.531. The zero-order chi connectivity index (χ0) is 14.4. The Balaban J connectivity index is 2.33. The van der Waals surface area contributed by atoms with Crippen molar-refractivity contribution in [1.29, 1.82) is 0 Å². The van der Waals surface area contributed by atoms with Gasteiger partial charge in [-0.15, -0.1) is 0 Å². The summed E-state index contributed by atoms with van der Waals surface area (Å²) >= 11 is 0. The van der Waals surface area contributed by atoms with E-state index in [0.29, 0.717) is 24.6 Å². The number of nitrogens with two attached hydrogens (primary N) is 1. The number of rotatable bonds is 5. The lowest BCUT2D eigenvalue weighted by atomic mass is 10.2. The van der Waals surface area contributed by atoms with Crippen LogP contribution in [0.3, 0.4) is 0 Å². The van der Waals surface area contributed by atoms with E-state index in [1.807, 2.05) is 24.0 Å². The van der Waals surface area contributed by atoms with Gasteiger partial charge < -0.3 is 15.8 Å². The molecule has 0 atom stereocenters. The van der Waals surface area contributed by atoms with E-state index in [1.165, 1.54) is 6.20 Å². The third-order valence-electron chi connectivity index (χ3n) is 2.83. The number of hydrogen-bond acceptors (Lipinski definition) is 6. The SMILES string of the molecule is CCN(Cc1ccncc1)c1nccnc1C(N)=NO. The Morgan fingerprint density at radius 3 is 2.60 bits per heavy atom. The molecule has 0 aliphatic heterocycles. The highest BCUT2D eigenvalue weighted by molar-refractivity contribution is 5.99. The van der Waals surface area contributed by atoms with Crippen LogP contribution in [-0.4, -0.2) is 32.5 Å². The molecule has 0 radical (unpaired) electrons. The van der Waals surface area contributed by atoms with Crippen molar-refractivity contribution in [3.63, 3.8) is 0 Å². The molecule has 0 aliphatic carbocycles. The second kappa shape index (κ2) is 6.46. The molecule has 0 saturated carbocycles. The number of nitrogens with zero attached hydrogens (tertiary/aromatic N) is 5. The highest BCUT2D eigenvalue weighted by Gasteiger charge is 2.15. The Bertz CT molecular complexity index is 586. The van der Waals surface area contributed by atoms with Crippen LogP contribution in [0.2, 0.25) is 0 Å². The molecule has 2 aromatic rings. The Kier molecular flexibility index (Phi) is 4.43. The standard InChI is InChI=1S/C13H16N6O/c1-2-19(9-10-3-5-15-6-4-10)13-11(12(14)18-20)16-7-8-17-13/h3-8,20H,2,9H2,1H3,(H2,14,18). The van der Waals surface area contributed by atoms with Gasteiger partial charge in [-0.2, -0.15) is 0 Å². The van der Waals surface area contributed by atoms with Crippen LogP contribution in [0.1, 0.15) is 18.2 Å². The van der Waals surface area contributed by atoms with E-state index < -0.39 is 0 Å². The lowest BCUT2D eigenvalue weighted by molar-refractivity contribution is 0.318. The number of amidine groups is 1. The first-order chi connectivity index (χ1) is 9.76. The second-order valence-corrected chi connectivity index (χ2v) is 4.08. The van der Waals surface area contributed by atoms with Crippen LogP contribution in [0, 0.1) is 0 Å². The predicted molar refractivity (Wildman–Crippen MR) is 75.5 cm³/mol. The Labute approximate surface area is 116 Å². The molecule has 3 N–H and O–H groups in total. The van der Waals surface area contributed by atoms with Gasteiger partial charge >= 0.3 is 0 Å². The van der Waals surface area contributed by atoms with Gasteiger partial charge in [0.1, 0.15) is 0 Å². The third-order valence-corrected chi connectivity index (χ3v) is 2.83. The van der Waals surface area contributed by atoms with Gasteiger partial charge in [-0.05, 0) is 24.6 Å². The Hall–Kier alpha value is -2.70. The summed E-state index contributed by atoms with van der Waals surface area (Å²) in [6.45, 7) is 3.36. The van der Waals surface area contributed by atoms with Crippen molar-refractivity contribution in [2.24, 2.45) is 10.9 Å². The molecule has 0 amide bonds. The average molecular weight is 272 g/mol. The first kappa shape index (κ1) is 13.7. The molecular formula is C13H16N6O. The van der Waals surface area contributed by atoms with Crippen molar-refractivity contribution in [2.45, 2.75) is 13.5 Å². The lowest BCUT2D eigenvalue weighted by Crippen LogP contribution is -2.28. The summed E-state index contributed by atoms with van der Waals surface area (Å²) in [7, 11) is 0. The van der Waals surface area contributed by atoms with E-state index in [0.717, 1.165) is 5.56 Å². The van der Waals surface area contributed by atoms with Crippen molar-refractivity contribution in [2.75, 3.05) is 11.4 Å². The fourth-order valence-corrected chi connectivity index (χ4v) is 1.84. The van der Waals surface area contributed by atoms with Gasteiger partial charge in [0.25, 0.3) is 0 Å². The van der Waals surface area contributed by atoms with Crippen molar-refractivity contribution < 1.29 is 5.21 Å². The third kappa shape index (κ3) is 3.00. The smallest absolute Gasteiger partial charge is 0.192 e. The molecule has 2 aromatic heterocycles. The number of oxime groups is 1. The number of hydrogen-bond donors (Lipinski definition) is 2. The quantitative estimate of drug-likeness (QED) is 0.364. The van der Waals surface area contributed by atoms with E-state index in [-0.39, 0.29) is 5.84 Å². The predicted octanol–water partition coefficient (Wildman–Crippen LogP) is 0.993. The van der Waals surface area contributed by atoms with Crippen LogP contribution in [0.25, 0.3) is 0 Å². The van der Waals surface area contributed by atoms with Gasteiger partial charge in [0.2, 0.25) is 0 Å². The molecular weight excluding hydrogens is 256 g/mol. The Morgan fingerprint density at radius 1 is 1.25 bits per heavy atom. The minimum absolute atomic E-state index is 0.0544. The highest BCUT2D eigenvalue weighted by atomic mass is 16.4. The first-order valence-corrected chi connectivity index (χ1v) is 6.19. The highest BCUT2D eigenvalue weighted by Crippen LogP contribution is 2.17. The zero-order valence-electron chi connectivity index (χ0n) is 11.1. The van der Waals surface area contributed by atoms with Gasteiger partial charge in [0.05, 0.1) is 0 Å². The van der Waals surface area contributed by atoms with Crippen molar-refractivity contribution in [3.8, 4) is 0 Å². The van der Waals surface area contributed by atoms with E-state index in [9.17, 15) is 0 Å². The fraction of sp³-hybridized carbons (Fsp3) is 0.231. The maximum absolute atomic E-state index is 8.83. The van der Waals surface area contributed by atoms with Crippen LogP contribution < -0.4 is 10.6 Å². The molecule has 0 aromatic carbocycles. The molecule has 7 nitrogen and oxygen atoms in total. The molecule has 0 aliphatic rings. The van der Waals surface area contributed by atoms with E-state index in [1.54, 1.807) is 18.6 Å². The molecule has 2 heterocycles. The van der Waals surface area contributed by atoms with E-state index in [4.69, 9.17) is 10.9 Å². The van der Waals surface area contributed by atoms with Gasteiger partial charge in [0.15, 0.2) is 17.3 Å². The van der Waals surface area contributed by atoms with E-state index in [2.05, 4.69) is 20.1 Å². The van der Waals surface area contributed by atoms with E-state index >= 15 is 0 Å². The van der Waals surface area contributed by atoms with Gasteiger partial charge in [-0.25, -0.2) is 9.97 Å². The molecule has 7 heteroatoms. The second-order valence-electron chi connectivity index (χ2n) is 4.08. The molecule has 2 rings (SSSR count). The maximum Gasteiger partial charge on any atom is 0.192 e.